The molecule has 0 aliphatic heterocycles. The molecule has 0 unspecified atom stereocenters. The molecule has 0 amide bonds. The lowest BCUT2D eigenvalue weighted by Crippen LogP contribution is -2.13. The van der Waals surface area contributed by atoms with E-state index in [1.165, 1.54) is 6.07 Å². The number of esters is 2. The number of rotatable bonds is 5. The highest BCUT2D eigenvalue weighted by atomic mass is 32.2. The van der Waals surface area contributed by atoms with Crippen molar-refractivity contribution in [3.63, 3.8) is 0 Å². The zero-order valence-electron chi connectivity index (χ0n) is 15.5. The Kier molecular flexibility index (Phi) is 8.64. The molecule has 0 aliphatic rings. The first kappa shape index (κ1) is 22.3. The highest BCUT2D eigenvalue weighted by Gasteiger charge is 2.17. The summed E-state index contributed by atoms with van der Waals surface area (Å²) in [6, 6.07) is 13.1. The van der Waals surface area contributed by atoms with Gasteiger partial charge in [-0.3, -0.25) is 0 Å². The van der Waals surface area contributed by atoms with Crippen molar-refractivity contribution in [2.45, 2.75) is 25.7 Å². The van der Waals surface area contributed by atoms with E-state index in [1.807, 2.05) is 0 Å². The minimum atomic E-state index is -3.53. The van der Waals surface area contributed by atoms with Gasteiger partial charge < -0.3 is 9.47 Å². The second-order valence-electron chi connectivity index (χ2n) is 5.30. The van der Waals surface area contributed by atoms with E-state index in [-0.39, 0.29) is 29.2 Å². The second kappa shape index (κ2) is 10.4. The average Bonchev–Trinajstić information content (AvgIpc) is 2.62. The molecule has 0 spiro atoms. The Morgan fingerprint density at radius 1 is 0.852 bits per heavy atom. The summed E-state index contributed by atoms with van der Waals surface area (Å²) < 4.78 is 31.4. The van der Waals surface area contributed by atoms with Crippen molar-refractivity contribution < 1.29 is 27.5 Å². The Morgan fingerprint density at radius 2 is 1.26 bits per heavy atom. The van der Waals surface area contributed by atoms with E-state index in [4.69, 9.17) is 14.6 Å². The van der Waals surface area contributed by atoms with E-state index in [1.54, 1.807) is 63.2 Å². The van der Waals surface area contributed by atoms with Gasteiger partial charge in [0.1, 0.15) is 0 Å². The van der Waals surface area contributed by atoms with Crippen molar-refractivity contribution in [3.8, 4) is 0 Å². The molecule has 27 heavy (non-hydrogen) atoms. The van der Waals surface area contributed by atoms with Crippen LogP contribution in [0.3, 0.4) is 0 Å². The maximum absolute atomic E-state index is 11.5. The summed E-state index contributed by atoms with van der Waals surface area (Å²) in [4.78, 5) is 23.3. The number of hydrogen-bond donors (Lipinski definition) is 1. The van der Waals surface area contributed by atoms with Crippen LogP contribution in [0, 0.1) is 6.92 Å². The summed E-state index contributed by atoms with van der Waals surface area (Å²) in [5, 5.41) is 4.93. The summed E-state index contributed by atoms with van der Waals surface area (Å²) in [7, 11) is -3.53. The number of aryl methyl sites for hydroxylation is 1. The first-order chi connectivity index (χ1) is 12.7. The third-order valence-electron chi connectivity index (χ3n) is 3.32. The Labute approximate surface area is 159 Å². The minimum Gasteiger partial charge on any atom is -0.462 e. The van der Waals surface area contributed by atoms with Crippen LogP contribution in [0.2, 0.25) is 0 Å². The van der Waals surface area contributed by atoms with Crippen molar-refractivity contribution in [1.82, 2.24) is 0 Å². The van der Waals surface area contributed by atoms with E-state index >= 15 is 0 Å². The van der Waals surface area contributed by atoms with Gasteiger partial charge in [0, 0.05) is 0 Å². The van der Waals surface area contributed by atoms with Crippen molar-refractivity contribution in [1.29, 1.82) is 0 Å². The summed E-state index contributed by atoms with van der Waals surface area (Å²) in [5.41, 5.74) is 1.15. The SMILES string of the molecule is CCOC(=O)c1ccccc1C(=O)OCC.Cc1ccccc1S(N)(=O)=O. The molecule has 0 aromatic heterocycles. The van der Waals surface area contributed by atoms with Crippen molar-refractivity contribution >= 4 is 22.0 Å². The van der Waals surface area contributed by atoms with E-state index in [2.05, 4.69) is 0 Å². The van der Waals surface area contributed by atoms with Gasteiger partial charge in [-0.15, -0.1) is 0 Å². The molecule has 0 bridgehead atoms. The number of nitrogens with two attached hydrogens (primary N) is 1. The Morgan fingerprint density at radius 3 is 1.59 bits per heavy atom. The van der Waals surface area contributed by atoms with Gasteiger partial charge in [0.2, 0.25) is 10.0 Å². The molecular weight excluding hydrogens is 370 g/mol. The monoisotopic (exact) mass is 393 g/mol. The molecule has 0 saturated carbocycles. The molecule has 0 heterocycles. The molecule has 2 N–H and O–H groups in total. The van der Waals surface area contributed by atoms with Crippen LogP contribution in [0.5, 0.6) is 0 Å². The van der Waals surface area contributed by atoms with Crippen LogP contribution in [0.15, 0.2) is 53.4 Å². The smallest absolute Gasteiger partial charge is 0.338 e. The molecule has 7 nitrogen and oxygen atoms in total. The van der Waals surface area contributed by atoms with E-state index < -0.39 is 22.0 Å². The first-order valence-electron chi connectivity index (χ1n) is 8.24. The van der Waals surface area contributed by atoms with Crippen molar-refractivity contribution in [2.75, 3.05) is 13.2 Å². The van der Waals surface area contributed by atoms with E-state index in [0.29, 0.717) is 5.56 Å². The standard InChI is InChI=1S/C12H14O4.C7H9NO2S/c1-3-15-11(13)9-7-5-6-8-10(9)12(14)16-4-2;1-6-4-2-3-5-7(6)11(8,9)10/h5-8H,3-4H2,1-2H3;2-5H,1H3,(H2,8,9,10). The molecule has 0 saturated heterocycles. The molecule has 2 rings (SSSR count). The lowest BCUT2D eigenvalue weighted by molar-refractivity contribution is 0.0479. The molecule has 0 fully saturated rings. The number of benzene rings is 2. The quantitative estimate of drug-likeness (QED) is 0.782. The zero-order valence-corrected chi connectivity index (χ0v) is 16.3. The van der Waals surface area contributed by atoms with Crippen LogP contribution < -0.4 is 5.14 Å². The van der Waals surface area contributed by atoms with Crippen LogP contribution >= 0.6 is 0 Å². The maximum atomic E-state index is 11.5. The number of primary sulfonamides is 1. The van der Waals surface area contributed by atoms with Crippen molar-refractivity contribution in [2.24, 2.45) is 5.14 Å². The van der Waals surface area contributed by atoms with Gasteiger partial charge in [-0.2, -0.15) is 0 Å². The van der Waals surface area contributed by atoms with Crippen LogP contribution in [0.4, 0.5) is 0 Å². The third-order valence-corrected chi connectivity index (χ3v) is 4.39. The predicted octanol–water partition coefficient (Wildman–Crippen LogP) is 2.68. The Hall–Kier alpha value is -2.71. The Bertz CT molecular complexity index is 856. The number of ether oxygens (including phenoxy) is 2. The van der Waals surface area contributed by atoms with Crippen molar-refractivity contribution in [3.05, 3.63) is 65.2 Å². The molecular formula is C19H23NO6S. The molecule has 146 valence electrons. The fraction of sp³-hybridized carbons (Fsp3) is 0.263. The topological polar surface area (TPSA) is 113 Å². The molecule has 2 aromatic rings. The fourth-order valence-corrected chi connectivity index (χ4v) is 2.92. The normalized spacial score (nSPS) is 10.4. The van der Waals surface area contributed by atoms with E-state index in [9.17, 15) is 18.0 Å². The van der Waals surface area contributed by atoms with Crippen LogP contribution in [-0.4, -0.2) is 33.6 Å². The lowest BCUT2D eigenvalue weighted by Gasteiger charge is -2.07. The van der Waals surface area contributed by atoms with Crippen LogP contribution in [0.1, 0.15) is 40.1 Å². The summed E-state index contributed by atoms with van der Waals surface area (Å²) in [6.45, 7) is 5.68. The molecule has 0 radical (unpaired) electrons. The van der Waals surface area contributed by atoms with Gasteiger partial charge in [-0.05, 0) is 44.5 Å². The average molecular weight is 393 g/mol. The van der Waals surface area contributed by atoms with Gasteiger partial charge in [0.05, 0.1) is 29.2 Å². The Balaban J connectivity index is 0.000000289. The van der Waals surface area contributed by atoms with Gasteiger partial charge >= 0.3 is 11.9 Å². The molecule has 2 aromatic carbocycles. The molecule has 0 atom stereocenters. The predicted molar refractivity (Wildman–Crippen MR) is 101 cm³/mol. The summed E-state index contributed by atoms with van der Waals surface area (Å²) in [5.74, 6) is -1.02. The second-order valence-corrected chi connectivity index (χ2v) is 6.83. The molecule has 0 aliphatic carbocycles. The number of carbonyl (C=O) groups is 2. The zero-order chi connectivity index (χ0) is 20.4. The highest BCUT2D eigenvalue weighted by molar-refractivity contribution is 7.89. The summed E-state index contributed by atoms with van der Waals surface area (Å²) >= 11 is 0. The number of carbonyl (C=O) groups excluding carboxylic acids is 2. The third kappa shape index (κ3) is 6.84. The van der Waals surface area contributed by atoms with Crippen LogP contribution in [-0.2, 0) is 19.5 Å². The number of hydrogen-bond acceptors (Lipinski definition) is 6. The largest absolute Gasteiger partial charge is 0.462 e. The first-order valence-corrected chi connectivity index (χ1v) is 9.78. The van der Waals surface area contributed by atoms with Gasteiger partial charge in [0.15, 0.2) is 0 Å². The van der Waals surface area contributed by atoms with Crippen LogP contribution in [0.25, 0.3) is 0 Å². The minimum absolute atomic E-state index is 0.194. The summed E-state index contributed by atoms with van der Waals surface area (Å²) in [6.07, 6.45) is 0. The van der Waals surface area contributed by atoms with Gasteiger partial charge in [-0.25, -0.2) is 23.1 Å². The highest BCUT2D eigenvalue weighted by Crippen LogP contribution is 2.12. The lowest BCUT2D eigenvalue weighted by atomic mass is 10.1. The maximum Gasteiger partial charge on any atom is 0.338 e. The molecule has 8 heteroatoms. The van der Waals surface area contributed by atoms with E-state index in [0.717, 1.165) is 0 Å². The number of sulfonamides is 1. The fourth-order valence-electron chi connectivity index (χ4n) is 2.13. The van der Waals surface area contributed by atoms with Gasteiger partial charge in [-0.1, -0.05) is 30.3 Å². The van der Waals surface area contributed by atoms with Gasteiger partial charge in [0.25, 0.3) is 0 Å².